The van der Waals surface area contributed by atoms with Gasteiger partial charge in [-0.05, 0) is 35.4 Å². The van der Waals surface area contributed by atoms with E-state index in [-0.39, 0.29) is 11.3 Å². The van der Waals surface area contributed by atoms with Crippen molar-refractivity contribution in [2.24, 2.45) is 0 Å². The minimum absolute atomic E-state index is 0.183. The van der Waals surface area contributed by atoms with Gasteiger partial charge < -0.3 is 4.42 Å². The van der Waals surface area contributed by atoms with E-state index >= 15 is 0 Å². The van der Waals surface area contributed by atoms with Crippen LogP contribution in [0.15, 0.2) is 59.0 Å². The Kier molecular flexibility index (Phi) is 3.97. The molecule has 2 aromatic carbocycles. The lowest BCUT2D eigenvalue weighted by Gasteiger charge is -2.10. The van der Waals surface area contributed by atoms with Crippen LogP contribution in [0, 0.1) is 5.82 Å². The van der Waals surface area contributed by atoms with E-state index in [0.29, 0.717) is 23.2 Å². The van der Waals surface area contributed by atoms with Gasteiger partial charge in [0.2, 0.25) is 0 Å². The molecule has 0 unspecified atom stereocenters. The normalized spacial score (nSPS) is 11.5. The number of alkyl halides is 3. The molecule has 0 radical (unpaired) electrons. The molecule has 0 atom stereocenters. The summed E-state index contributed by atoms with van der Waals surface area (Å²) in [5.41, 5.74) is 0.130. The average molecular weight is 334 g/mol. The first-order chi connectivity index (χ1) is 11.4. The number of halogens is 4. The molecule has 0 spiro atoms. The maximum atomic E-state index is 13.3. The van der Waals surface area contributed by atoms with Crippen LogP contribution in [-0.2, 0) is 6.18 Å². The molecule has 6 heteroatoms. The zero-order valence-corrected chi connectivity index (χ0v) is 12.1. The number of furan rings is 1. The minimum atomic E-state index is -4.75. The van der Waals surface area contributed by atoms with E-state index in [1.54, 1.807) is 30.3 Å². The zero-order valence-electron chi connectivity index (χ0n) is 12.1. The number of hydrogen-bond acceptors (Lipinski definition) is 2. The lowest BCUT2D eigenvalue weighted by atomic mass is 10.0. The predicted octanol–water partition coefficient (Wildman–Crippen LogP) is 5.58. The van der Waals surface area contributed by atoms with Crippen molar-refractivity contribution in [3.05, 3.63) is 71.7 Å². The third-order valence-corrected chi connectivity index (χ3v) is 3.52. The summed E-state index contributed by atoms with van der Waals surface area (Å²) in [6, 6.07) is 12.5. The highest BCUT2D eigenvalue weighted by atomic mass is 19.4. The highest BCUT2D eigenvalue weighted by Crippen LogP contribution is 2.34. The second kappa shape index (κ2) is 5.96. The van der Waals surface area contributed by atoms with Crippen LogP contribution in [0.1, 0.15) is 16.1 Å². The largest absolute Gasteiger partial charge is 0.453 e. The van der Waals surface area contributed by atoms with Crippen molar-refractivity contribution in [3.8, 4) is 22.5 Å². The van der Waals surface area contributed by atoms with Crippen LogP contribution in [0.5, 0.6) is 0 Å². The van der Waals surface area contributed by atoms with Crippen molar-refractivity contribution in [1.29, 1.82) is 0 Å². The number of rotatable bonds is 3. The van der Waals surface area contributed by atoms with E-state index in [0.717, 1.165) is 12.1 Å². The monoisotopic (exact) mass is 334 g/mol. The molecule has 0 amide bonds. The first kappa shape index (κ1) is 16.0. The van der Waals surface area contributed by atoms with Crippen molar-refractivity contribution < 1.29 is 26.8 Å². The van der Waals surface area contributed by atoms with E-state index in [1.807, 2.05) is 0 Å². The molecule has 0 aliphatic heterocycles. The molecule has 0 N–H and O–H groups in total. The standard InChI is InChI=1S/C18H10F4O2/c19-16-7-5-13(9-15(16)18(20,21)22)11-1-3-12(4-2-11)17-8-6-14(10-23)24-17/h1-10H. The molecule has 0 fully saturated rings. The minimum Gasteiger partial charge on any atom is -0.453 e. The summed E-state index contributed by atoms with van der Waals surface area (Å²) in [6.45, 7) is 0. The third kappa shape index (κ3) is 3.08. The quantitative estimate of drug-likeness (QED) is 0.462. The van der Waals surface area contributed by atoms with Gasteiger partial charge >= 0.3 is 6.18 Å². The summed E-state index contributed by atoms with van der Waals surface area (Å²) < 4.78 is 57.0. The molecule has 0 saturated heterocycles. The first-order valence-electron chi connectivity index (χ1n) is 6.91. The Hall–Kier alpha value is -2.89. The molecule has 0 aliphatic carbocycles. The van der Waals surface area contributed by atoms with Crippen LogP contribution >= 0.6 is 0 Å². The van der Waals surface area contributed by atoms with Gasteiger partial charge in [-0.3, -0.25) is 4.79 Å². The van der Waals surface area contributed by atoms with Crippen LogP contribution in [-0.4, -0.2) is 6.29 Å². The van der Waals surface area contributed by atoms with Crippen LogP contribution in [0.25, 0.3) is 22.5 Å². The van der Waals surface area contributed by atoms with E-state index in [1.165, 1.54) is 12.1 Å². The first-order valence-corrected chi connectivity index (χ1v) is 6.91. The smallest absolute Gasteiger partial charge is 0.419 e. The zero-order chi connectivity index (χ0) is 17.3. The van der Waals surface area contributed by atoms with Crippen molar-refractivity contribution in [1.82, 2.24) is 0 Å². The third-order valence-electron chi connectivity index (χ3n) is 3.52. The Morgan fingerprint density at radius 3 is 2.04 bits per heavy atom. The van der Waals surface area contributed by atoms with Crippen molar-refractivity contribution >= 4 is 6.29 Å². The number of benzene rings is 2. The van der Waals surface area contributed by atoms with Crippen molar-refractivity contribution in [2.45, 2.75) is 6.18 Å². The Balaban J connectivity index is 1.95. The molecule has 0 bridgehead atoms. The fourth-order valence-electron chi connectivity index (χ4n) is 2.32. The van der Waals surface area contributed by atoms with Gasteiger partial charge in [-0.15, -0.1) is 0 Å². The number of carbonyl (C=O) groups is 1. The van der Waals surface area contributed by atoms with Gasteiger partial charge in [-0.1, -0.05) is 30.3 Å². The molecule has 3 aromatic rings. The average Bonchev–Trinajstić information content (AvgIpc) is 3.03. The molecule has 122 valence electrons. The highest BCUT2D eigenvalue weighted by Gasteiger charge is 2.34. The highest BCUT2D eigenvalue weighted by molar-refractivity contribution is 5.74. The molecule has 1 heterocycles. The number of aldehydes is 1. The molecular formula is C18H10F4O2. The second-order valence-corrected chi connectivity index (χ2v) is 5.09. The van der Waals surface area contributed by atoms with Gasteiger partial charge in [-0.25, -0.2) is 4.39 Å². The summed E-state index contributed by atoms with van der Waals surface area (Å²) in [6.07, 6.45) is -4.17. The van der Waals surface area contributed by atoms with Gasteiger partial charge in [0.1, 0.15) is 11.6 Å². The number of hydrogen-bond donors (Lipinski definition) is 0. The van der Waals surface area contributed by atoms with E-state index in [9.17, 15) is 22.4 Å². The topological polar surface area (TPSA) is 30.2 Å². The van der Waals surface area contributed by atoms with Gasteiger partial charge in [0.25, 0.3) is 0 Å². The molecule has 0 aliphatic rings. The predicted molar refractivity (Wildman–Crippen MR) is 79.9 cm³/mol. The van der Waals surface area contributed by atoms with Crippen LogP contribution in [0.2, 0.25) is 0 Å². The lowest BCUT2D eigenvalue weighted by molar-refractivity contribution is -0.139. The molecule has 24 heavy (non-hydrogen) atoms. The van der Waals surface area contributed by atoms with Crippen LogP contribution in [0.4, 0.5) is 17.6 Å². The Morgan fingerprint density at radius 2 is 1.46 bits per heavy atom. The summed E-state index contributed by atoms with van der Waals surface area (Å²) in [5, 5.41) is 0. The Bertz CT molecular complexity index is 877. The molecule has 2 nitrogen and oxygen atoms in total. The second-order valence-electron chi connectivity index (χ2n) is 5.09. The molecule has 3 rings (SSSR count). The fraction of sp³-hybridized carbons (Fsp3) is 0.0556. The lowest BCUT2D eigenvalue weighted by Crippen LogP contribution is -2.08. The summed E-state index contributed by atoms with van der Waals surface area (Å²) in [4.78, 5) is 10.6. The van der Waals surface area contributed by atoms with E-state index in [2.05, 4.69) is 0 Å². The van der Waals surface area contributed by atoms with Gasteiger partial charge in [0.05, 0.1) is 5.56 Å². The van der Waals surface area contributed by atoms with Gasteiger partial charge in [-0.2, -0.15) is 13.2 Å². The maximum absolute atomic E-state index is 13.3. The summed E-state index contributed by atoms with van der Waals surface area (Å²) in [5.74, 6) is -0.652. The van der Waals surface area contributed by atoms with Gasteiger partial charge in [0, 0.05) is 5.56 Å². The van der Waals surface area contributed by atoms with E-state index < -0.39 is 17.6 Å². The molecule has 1 aromatic heterocycles. The SMILES string of the molecule is O=Cc1ccc(-c2ccc(-c3ccc(F)c(C(F)(F)F)c3)cc2)o1. The van der Waals surface area contributed by atoms with Gasteiger partial charge in [0.15, 0.2) is 12.0 Å². The fourth-order valence-corrected chi connectivity index (χ4v) is 2.32. The Morgan fingerprint density at radius 1 is 0.833 bits per heavy atom. The molecule has 0 saturated carbocycles. The summed E-state index contributed by atoms with van der Waals surface area (Å²) in [7, 11) is 0. The number of carbonyl (C=O) groups excluding carboxylic acids is 1. The summed E-state index contributed by atoms with van der Waals surface area (Å²) >= 11 is 0. The maximum Gasteiger partial charge on any atom is 0.419 e. The Labute approximate surface area is 134 Å². The van der Waals surface area contributed by atoms with Crippen LogP contribution in [0.3, 0.4) is 0 Å². The van der Waals surface area contributed by atoms with Crippen molar-refractivity contribution in [2.75, 3.05) is 0 Å². The molecular weight excluding hydrogens is 324 g/mol. The van der Waals surface area contributed by atoms with Crippen molar-refractivity contribution in [3.63, 3.8) is 0 Å². The van der Waals surface area contributed by atoms with E-state index in [4.69, 9.17) is 4.42 Å². The van der Waals surface area contributed by atoms with Crippen LogP contribution < -0.4 is 0 Å².